The molecule has 0 saturated carbocycles. The summed E-state index contributed by atoms with van der Waals surface area (Å²) < 4.78 is 5.36. The van der Waals surface area contributed by atoms with Gasteiger partial charge in [-0.05, 0) is 18.8 Å². The highest BCUT2D eigenvalue weighted by Gasteiger charge is 2.48. The molecule has 0 aromatic carbocycles. The average Bonchev–Trinajstić information content (AvgIpc) is 2.84. The maximum atomic E-state index is 12.0. The summed E-state index contributed by atoms with van der Waals surface area (Å²) in [5.74, 6) is -0.875. The van der Waals surface area contributed by atoms with Crippen molar-refractivity contribution in [2.45, 2.75) is 46.5 Å². The summed E-state index contributed by atoms with van der Waals surface area (Å²) >= 11 is 0. The van der Waals surface area contributed by atoms with Crippen LogP contribution in [0.25, 0.3) is 0 Å². The lowest BCUT2D eigenvalue weighted by atomic mass is 9.76. The Labute approximate surface area is 121 Å². The van der Waals surface area contributed by atoms with Crippen molar-refractivity contribution in [1.82, 2.24) is 4.90 Å². The maximum Gasteiger partial charge on any atom is 0.311 e. The lowest BCUT2D eigenvalue weighted by molar-refractivity contribution is -0.151. The van der Waals surface area contributed by atoms with Gasteiger partial charge in [0.15, 0.2) is 0 Å². The van der Waals surface area contributed by atoms with Gasteiger partial charge in [-0.2, -0.15) is 0 Å². The Bertz CT molecular complexity index is 343. The zero-order chi connectivity index (χ0) is 15.2. The summed E-state index contributed by atoms with van der Waals surface area (Å²) in [4.78, 5) is 25.1. The summed E-state index contributed by atoms with van der Waals surface area (Å²) in [6.07, 6.45) is 3.72. The van der Waals surface area contributed by atoms with Gasteiger partial charge in [0, 0.05) is 19.7 Å². The zero-order valence-corrected chi connectivity index (χ0v) is 12.9. The van der Waals surface area contributed by atoms with Crippen molar-refractivity contribution in [3.8, 4) is 0 Å². The van der Waals surface area contributed by atoms with Crippen molar-refractivity contribution in [2.75, 3.05) is 26.3 Å². The molecule has 0 radical (unpaired) electrons. The van der Waals surface area contributed by atoms with E-state index in [0.717, 1.165) is 19.3 Å². The number of amides is 1. The third kappa shape index (κ3) is 3.95. The van der Waals surface area contributed by atoms with Crippen LogP contribution in [0.4, 0.5) is 0 Å². The minimum absolute atomic E-state index is 0.0169. The first kappa shape index (κ1) is 17.0. The maximum absolute atomic E-state index is 12.0. The summed E-state index contributed by atoms with van der Waals surface area (Å²) in [5.41, 5.74) is -0.794. The first-order valence-corrected chi connectivity index (χ1v) is 7.53. The Morgan fingerprint density at radius 1 is 1.35 bits per heavy atom. The number of unbranched alkanes of at least 4 members (excludes halogenated alkanes) is 2. The van der Waals surface area contributed by atoms with E-state index in [9.17, 15) is 14.7 Å². The van der Waals surface area contributed by atoms with Crippen LogP contribution in [0.1, 0.15) is 46.5 Å². The number of ether oxygens (including phenoxy) is 1. The lowest BCUT2D eigenvalue weighted by Crippen LogP contribution is -2.41. The molecule has 0 aliphatic carbocycles. The van der Waals surface area contributed by atoms with E-state index in [1.165, 1.54) is 0 Å². The number of carboxylic acid groups (broad SMARTS) is 1. The van der Waals surface area contributed by atoms with Gasteiger partial charge in [-0.1, -0.05) is 33.6 Å². The van der Waals surface area contributed by atoms with Crippen molar-refractivity contribution in [2.24, 2.45) is 11.3 Å². The molecule has 0 bridgehead atoms. The van der Waals surface area contributed by atoms with E-state index in [1.54, 1.807) is 4.90 Å². The summed E-state index contributed by atoms with van der Waals surface area (Å²) in [6.45, 7) is 7.41. The van der Waals surface area contributed by atoms with Gasteiger partial charge in [-0.15, -0.1) is 0 Å². The third-order valence-electron chi connectivity index (χ3n) is 4.30. The molecule has 20 heavy (non-hydrogen) atoms. The van der Waals surface area contributed by atoms with Crippen LogP contribution < -0.4 is 0 Å². The Balaban J connectivity index is 2.42. The number of carboxylic acids is 1. The van der Waals surface area contributed by atoms with Crippen molar-refractivity contribution in [1.29, 1.82) is 0 Å². The molecule has 1 rings (SSSR count). The van der Waals surface area contributed by atoms with Crippen LogP contribution in [-0.2, 0) is 14.3 Å². The van der Waals surface area contributed by atoms with Crippen LogP contribution in [0.3, 0.4) is 0 Å². The van der Waals surface area contributed by atoms with Crippen LogP contribution in [0.15, 0.2) is 0 Å². The van der Waals surface area contributed by atoms with E-state index >= 15 is 0 Å². The number of carbonyl (C=O) groups excluding carboxylic acids is 1. The van der Waals surface area contributed by atoms with Gasteiger partial charge < -0.3 is 14.7 Å². The highest BCUT2D eigenvalue weighted by atomic mass is 16.5. The number of hydrogen-bond acceptors (Lipinski definition) is 3. The van der Waals surface area contributed by atoms with Crippen LogP contribution >= 0.6 is 0 Å². The zero-order valence-electron chi connectivity index (χ0n) is 12.9. The summed E-state index contributed by atoms with van der Waals surface area (Å²) in [5, 5.41) is 9.44. The van der Waals surface area contributed by atoms with E-state index in [0.29, 0.717) is 26.1 Å². The van der Waals surface area contributed by atoms with Gasteiger partial charge in [0.2, 0.25) is 5.91 Å². The van der Waals surface area contributed by atoms with Crippen molar-refractivity contribution >= 4 is 11.9 Å². The molecule has 1 saturated heterocycles. The molecular formula is C15H27NO4. The van der Waals surface area contributed by atoms with Gasteiger partial charge in [-0.3, -0.25) is 9.59 Å². The van der Waals surface area contributed by atoms with E-state index in [-0.39, 0.29) is 18.4 Å². The molecule has 116 valence electrons. The van der Waals surface area contributed by atoms with Gasteiger partial charge >= 0.3 is 5.97 Å². The molecule has 0 aromatic rings. The van der Waals surface area contributed by atoms with Crippen LogP contribution in [0.2, 0.25) is 0 Å². The highest BCUT2D eigenvalue weighted by Crippen LogP contribution is 2.38. The number of carbonyl (C=O) groups is 2. The molecule has 0 spiro atoms. The Hall–Kier alpha value is -1.10. The predicted octanol–water partition coefficient (Wildman–Crippen LogP) is 2.15. The smallest absolute Gasteiger partial charge is 0.311 e. The Morgan fingerprint density at radius 2 is 2.05 bits per heavy atom. The second kappa shape index (κ2) is 7.62. The SMILES string of the molecule is CCCCCOCC(=O)N1CCC(C(=O)O)(C(C)C)C1. The molecular weight excluding hydrogens is 258 g/mol. The fourth-order valence-corrected chi connectivity index (χ4v) is 2.64. The molecule has 0 aromatic heterocycles. The second-order valence-corrected chi connectivity index (χ2v) is 5.94. The molecule has 1 atom stereocenters. The number of aliphatic carboxylic acids is 1. The van der Waals surface area contributed by atoms with Crippen molar-refractivity contribution < 1.29 is 19.4 Å². The predicted molar refractivity (Wildman–Crippen MR) is 76.4 cm³/mol. The number of rotatable bonds is 8. The average molecular weight is 285 g/mol. The minimum Gasteiger partial charge on any atom is -0.481 e. The molecule has 1 unspecified atom stereocenters. The Kier molecular flexibility index (Phi) is 6.46. The van der Waals surface area contributed by atoms with Gasteiger partial charge in [-0.25, -0.2) is 0 Å². The molecule has 5 nitrogen and oxygen atoms in total. The fourth-order valence-electron chi connectivity index (χ4n) is 2.64. The van der Waals surface area contributed by atoms with Crippen molar-refractivity contribution in [3.63, 3.8) is 0 Å². The van der Waals surface area contributed by atoms with E-state index < -0.39 is 11.4 Å². The van der Waals surface area contributed by atoms with E-state index in [4.69, 9.17) is 4.74 Å². The highest BCUT2D eigenvalue weighted by molar-refractivity contribution is 5.81. The second-order valence-electron chi connectivity index (χ2n) is 5.94. The molecule has 5 heteroatoms. The molecule has 1 N–H and O–H groups in total. The van der Waals surface area contributed by atoms with Gasteiger partial charge in [0.1, 0.15) is 6.61 Å². The standard InChI is InChI=1S/C15H27NO4/c1-4-5-6-9-20-10-13(17)16-8-7-15(11-16,12(2)3)14(18)19/h12H,4-11H2,1-3H3,(H,18,19). The monoisotopic (exact) mass is 285 g/mol. The first-order chi connectivity index (χ1) is 9.44. The quantitative estimate of drug-likeness (QED) is 0.694. The molecule has 1 amide bonds. The van der Waals surface area contributed by atoms with Gasteiger partial charge in [0.05, 0.1) is 5.41 Å². The topological polar surface area (TPSA) is 66.8 Å². The van der Waals surface area contributed by atoms with Crippen LogP contribution in [-0.4, -0.2) is 48.2 Å². The Morgan fingerprint density at radius 3 is 2.55 bits per heavy atom. The summed E-state index contributed by atoms with van der Waals surface area (Å²) in [6, 6.07) is 0. The van der Waals surface area contributed by atoms with Gasteiger partial charge in [0.25, 0.3) is 0 Å². The molecule has 1 heterocycles. The molecule has 1 aliphatic rings. The van der Waals surface area contributed by atoms with E-state index in [2.05, 4.69) is 6.92 Å². The largest absolute Gasteiger partial charge is 0.481 e. The van der Waals surface area contributed by atoms with Crippen LogP contribution in [0, 0.1) is 11.3 Å². The van der Waals surface area contributed by atoms with E-state index in [1.807, 2.05) is 13.8 Å². The number of hydrogen-bond donors (Lipinski definition) is 1. The molecule has 1 fully saturated rings. The molecule has 1 aliphatic heterocycles. The number of nitrogens with zero attached hydrogens (tertiary/aromatic N) is 1. The fraction of sp³-hybridized carbons (Fsp3) is 0.867. The lowest BCUT2D eigenvalue weighted by Gasteiger charge is -2.28. The summed E-state index contributed by atoms with van der Waals surface area (Å²) in [7, 11) is 0. The third-order valence-corrected chi connectivity index (χ3v) is 4.30. The first-order valence-electron chi connectivity index (χ1n) is 7.53. The van der Waals surface area contributed by atoms with Crippen LogP contribution in [0.5, 0.6) is 0 Å². The van der Waals surface area contributed by atoms with Crippen molar-refractivity contribution in [3.05, 3.63) is 0 Å². The normalized spacial score (nSPS) is 22.5. The minimum atomic E-state index is -0.799. The number of likely N-dealkylation sites (tertiary alicyclic amines) is 1.